The van der Waals surface area contributed by atoms with E-state index in [0.717, 1.165) is 7.11 Å². The summed E-state index contributed by atoms with van der Waals surface area (Å²) < 4.78 is 42.5. The lowest BCUT2D eigenvalue weighted by atomic mass is 10.2. The molecule has 0 atom stereocenters. The van der Waals surface area contributed by atoms with Gasteiger partial charge in [0.05, 0.1) is 25.9 Å². The first-order chi connectivity index (χ1) is 12.4. The van der Waals surface area contributed by atoms with Crippen LogP contribution in [0.25, 0.3) is 0 Å². The van der Waals surface area contributed by atoms with E-state index in [1.807, 2.05) is 0 Å². The molecule has 0 saturated carbocycles. The normalized spacial score (nSPS) is 10.9. The molecule has 0 unspecified atom stereocenters. The van der Waals surface area contributed by atoms with Gasteiger partial charge in [-0.25, -0.2) is 17.9 Å². The fraction of sp³-hybridized carbons (Fsp3) is 0.333. The van der Waals surface area contributed by atoms with Crippen LogP contribution < -0.4 is 14.2 Å². The van der Waals surface area contributed by atoms with Gasteiger partial charge in [0.15, 0.2) is 0 Å². The highest BCUT2D eigenvalue weighted by atomic mass is 32.2. The molecule has 1 N–H and O–H groups in total. The third-order valence-corrected chi connectivity index (χ3v) is 4.34. The number of anilines is 1. The Kier molecular flexibility index (Phi) is 6.28. The molecule has 11 heteroatoms. The highest BCUT2D eigenvalue weighted by Gasteiger charge is 2.24. The summed E-state index contributed by atoms with van der Waals surface area (Å²) in [5.41, 5.74) is -0.119. The van der Waals surface area contributed by atoms with Gasteiger partial charge in [-0.15, -0.1) is 4.98 Å². The lowest BCUT2D eigenvalue weighted by Gasteiger charge is -2.11. The maximum atomic E-state index is 12.7. The van der Waals surface area contributed by atoms with E-state index in [9.17, 15) is 13.2 Å². The molecule has 0 fully saturated rings. The van der Waals surface area contributed by atoms with Crippen LogP contribution in [-0.2, 0) is 14.8 Å². The number of rotatable bonds is 8. The van der Waals surface area contributed by atoms with Crippen molar-refractivity contribution in [2.45, 2.75) is 18.7 Å². The average Bonchev–Trinajstić information content (AvgIpc) is 2.61. The van der Waals surface area contributed by atoms with Crippen LogP contribution in [0.1, 0.15) is 24.2 Å². The second-order valence-electron chi connectivity index (χ2n) is 4.68. The number of ether oxygens (including phenoxy) is 3. The number of carbonyl (C=O) groups is 1. The Morgan fingerprint density at radius 2 is 1.62 bits per heavy atom. The van der Waals surface area contributed by atoms with Crippen LogP contribution in [0.15, 0.2) is 29.2 Å². The molecule has 0 aliphatic heterocycles. The lowest BCUT2D eigenvalue weighted by Crippen LogP contribution is -2.19. The summed E-state index contributed by atoms with van der Waals surface area (Å²) in [6.45, 7) is 3.99. The number of methoxy groups -OCH3 is 1. The number of nitrogens with zero attached hydrogens (tertiary/aromatic N) is 3. The first kappa shape index (κ1) is 19.4. The van der Waals surface area contributed by atoms with E-state index in [2.05, 4.69) is 24.4 Å². The predicted octanol–water partition coefficient (Wildman–Crippen LogP) is 1.26. The van der Waals surface area contributed by atoms with Crippen molar-refractivity contribution in [3.05, 3.63) is 29.8 Å². The van der Waals surface area contributed by atoms with Gasteiger partial charge in [-0.2, -0.15) is 9.97 Å². The predicted molar refractivity (Wildman–Crippen MR) is 90.8 cm³/mol. The number of hydrogen-bond donors (Lipinski definition) is 1. The monoisotopic (exact) mass is 382 g/mol. The summed E-state index contributed by atoms with van der Waals surface area (Å²) in [5, 5.41) is 0. The molecule has 0 aliphatic rings. The molecule has 1 aromatic heterocycles. The van der Waals surface area contributed by atoms with Crippen molar-refractivity contribution >= 4 is 21.9 Å². The minimum absolute atomic E-state index is 0.0927. The molecule has 0 saturated heterocycles. The highest BCUT2D eigenvalue weighted by molar-refractivity contribution is 7.92. The van der Waals surface area contributed by atoms with E-state index in [0.29, 0.717) is 0 Å². The minimum atomic E-state index is -4.18. The molecule has 26 heavy (non-hydrogen) atoms. The van der Waals surface area contributed by atoms with Crippen LogP contribution in [0.3, 0.4) is 0 Å². The SMILES string of the molecule is CCOc1nc(NS(=O)(=O)c2ccccc2C(=O)OC)nc(OCC)n1. The largest absolute Gasteiger partial charge is 0.465 e. The molecule has 2 rings (SSSR count). The van der Waals surface area contributed by atoms with Crippen LogP contribution in [0.4, 0.5) is 5.95 Å². The van der Waals surface area contributed by atoms with Crippen LogP contribution in [0.2, 0.25) is 0 Å². The third kappa shape index (κ3) is 4.57. The summed E-state index contributed by atoms with van der Waals surface area (Å²) >= 11 is 0. The van der Waals surface area contributed by atoms with Gasteiger partial charge in [0.25, 0.3) is 10.0 Å². The smallest absolute Gasteiger partial charge is 0.339 e. The second-order valence-corrected chi connectivity index (χ2v) is 6.33. The van der Waals surface area contributed by atoms with Crippen molar-refractivity contribution in [3.8, 4) is 12.0 Å². The molecule has 2 aromatic rings. The quantitative estimate of drug-likeness (QED) is 0.670. The standard InChI is InChI=1S/C15H18N4O6S/c1-4-24-14-16-13(17-15(18-14)25-5-2)19-26(21,22)11-9-7-6-8-10(11)12(20)23-3/h6-9H,4-5H2,1-3H3,(H,16,17,18,19). The van der Waals surface area contributed by atoms with Crippen LogP contribution in [-0.4, -0.2) is 49.7 Å². The number of hydrogen-bond acceptors (Lipinski definition) is 9. The number of sulfonamides is 1. The van der Waals surface area contributed by atoms with E-state index < -0.39 is 16.0 Å². The molecular weight excluding hydrogens is 364 g/mol. The van der Waals surface area contributed by atoms with Crippen molar-refractivity contribution < 1.29 is 27.4 Å². The third-order valence-electron chi connectivity index (χ3n) is 2.95. The van der Waals surface area contributed by atoms with Gasteiger partial charge >= 0.3 is 18.0 Å². The fourth-order valence-electron chi connectivity index (χ4n) is 1.93. The van der Waals surface area contributed by atoms with Gasteiger partial charge < -0.3 is 14.2 Å². The molecule has 1 aromatic carbocycles. The average molecular weight is 382 g/mol. The molecule has 0 amide bonds. The summed E-state index contributed by atoms with van der Waals surface area (Å²) in [6.07, 6.45) is 0. The van der Waals surface area contributed by atoms with E-state index in [1.165, 1.54) is 24.3 Å². The number of benzene rings is 1. The molecule has 0 radical (unpaired) electrons. The van der Waals surface area contributed by atoms with Crippen LogP contribution in [0.5, 0.6) is 12.0 Å². The second kappa shape index (κ2) is 8.43. The number of nitrogens with one attached hydrogen (secondary N) is 1. The Morgan fingerprint density at radius 3 is 2.15 bits per heavy atom. The first-order valence-corrected chi connectivity index (χ1v) is 9.11. The maximum Gasteiger partial charge on any atom is 0.339 e. The zero-order chi connectivity index (χ0) is 19.2. The Labute approximate surface area is 150 Å². The molecular formula is C15H18N4O6S. The van der Waals surface area contributed by atoms with Crippen molar-refractivity contribution in [2.24, 2.45) is 0 Å². The molecule has 0 spiro atoms. The summed E-state index contributed by atoms with van der Waals surface area (Å²) in [7, 11) is -3.02. The van der Waals surface area contributed by atoms with Gasteiger partial charge in [-0.05, 0) is 26.0 Å². The Hall–Kier alpha value is -2.95. The summed E-state index contributed by atoms with van der Waals surface area (Å²) in [6, 6.07) is 5.42. The van der Waals surface area contributed by atoms with Gasteiger partial charge in [0.2, 0.25) is 5.95 Å². The fourth-order valence-corrected chi connectivity index (χ4v) is 3.07. The van der Waals surface area contributed by atoms with Crippen LogP contribution >= 0.6 is 0 Å². The lowest BCUT2D eigenvalue weighted by molar-refractivity contribution is 0.0596. The maximum absolute atomic E-state index is 12.7. The zero-order valence-electron chi connectivity index (χ0n) is 14.4. The van der Waals surface area contributed by atoms with Crippen molar-refractivity contribution in [1.29, 1.82) is 0 Å². The first-order valence-electron chi connectivity index (χ1n) is 7.63. The van der Waals surface area contributed by atoms with Crippen molar-refractivity contribution in [1.82, 2.24) is 15.0 Å². The Bertz CT molecular complexity index is 863. The molecule has 10 nitrogen and oxygen atoms in total. The van der Waals surface area contributed by atoms with E-state index in [4.69, 9.17) is 9.47 Å². The summed E-state index contributed by atoms with van der Waals surface area (Å²) in [4.78, 5) is 23.2. The topological polar surface area (TPSA) is 130 Å². The Morgan fingerprint density at radius 1 is 1.04 bits per heavy atom. The van der Waals surface area contributed by atoms with Gasteiger partial charge in [-0.3, -0.25) is 0 Å². The van der Waals surface area contributed by atoms with E-state index in [1.54, 1.807) is 13.8 Å². The number of aromatic nitrogens is 3. The number of carbonyl (C=O) groups excluding carboxylic acids is 1. The Balaban J connectivity index is 2.42. The van der Waals surface area contributed by atoms with Crippen molar-refractivity contribution in [3.63, 3.8) is 0 Å². The van der Waals surface area contributed by atoms with Crippen LogP contribution in [0, 0.1) is 0 Å². The molecule has 0 bridgehead atoms. The molecule has 1 heterocycles. The zero-order valence-corrected chi connectivity index (χ0v) is 15.2. The van der Waals surface area contributed by atoms with Gasteiger partial charge in [0, 0.05) is 0 Å². The van der Waals surface area contributed by atoms with E-state index in [-0.39, 0.29) is 41.6 Å². The van der Waals surface area contributed by atoms with Gasteiger partial charge in [0.1, 0.15) is 4.90 Å². The summed E-state index contributed by atoms with van der Waals surface area (Å²) in [5.74, 6) is -1.08. The minimum Gasteiger partial charge on any atom is -0.465 e. The molecule has 140 valence electrons. The van der Waals surface area contributed by atoms with Gasteiger partial charge in [-0.1, -0.05) is 12.1 Å². The highest BCUT2D eigenvalue weighted by Crippen LogP contribution is 2.20. The van der Waals surface area contributed by atoms with E-state index >= 15 is 0 Å². The molecule has 0 aliphatic carbocycles. The van der Waals surface area contributed by atoms with Crippen molar-refractivity contribution in [2.75, 3.05) is 25.0 Å². The number of esters is 1.